The first-order chi connectivity index (χ1) is 14.2. The molecule has 0 aliphatic heterocycles. The lowest BCUT2D eigenvalue weighted by Crippen LogP contribution is -2.25. The van der Waals surface area contributed by atoms with Crippen LogP contribution in [0.2, 0.25) is 0 Å². The second-order valence-corrected chi connectivity index (χ2v) is 7.49. The van der Waals surface area contributed by atoms with Crippen LogP contribution in [0.4, 0.5) is 0 Å². The van der Waals surface area contributed by atoms with E-state index in [1.807, 2.05) is 19.1 Å². The van der Waals surface area contributed by atoms with Crippen molar-refractivity contribution in [3.8, 4) is 22.6 Å². The molecule has 0 N–H and O–H groups in total. The van der Waals surface area contributed by atoms with Crippen molar-refractivity contribution in [1.29, 1.82) is 0 Å². The second-order valence-electron chi connectivity index (χ2n) is 7.49. The molecule has 0 spiro atoms. The van der Waals surface area contributed by atoms with Crippen LogP contribution in [0, 0.1) is 18.8 Å². The van der Waals surface area contributed by atoms with Crippen LogP contribution in [0.1, 0.15) is 11.5 Å². The van der Waals surface area contributed by atoms with Crippen molar-refractivity contribution >= 4 is 0 Å². The van der Waals surface area contributed by atoms with E-state index in [9.17, 15) is 0 Å². The van der Waals surface area contributed by atoms with Gasteiger partial charge in [-0.05, 0) is 54.0 Å². The number of allylic oxidation sites excluding steroid dienone is 5. The van der Waals surface area contributed by atoms with Crippen molar-refractivity contribution in [2.24, 2.45) is 11.8 Å². The van der Waals surface area contributed by atoms with Crippen LogP contribution in [0.15, 0.2) is 88.8 Å². The lowest BCUT2D eigenvalue weighted by Gasteiger charge is -2.33. The monoisotopic (exact) mass is 382 g/mol. The van der Waals surface area contributed by atoms with Crippen molar-refractivity contribution in [3.63, 3.8) is 0 Å². The minimum absolute atomic E-state index is 0.400. The molecule has 0 radical (unpaired) electrons. The van der Waals surface area contributed by atoms with Crippen LogP contribution in [0.25, 0.3) is 22.6 Å². The van der Waals surface area contributed by atoms with E-state index in [2.05, 4.69) is 53.6 Å². The van der Waals surface area contributed by atoms with Crippen molar-refractivity contribution < 1.29 is 9.15 Å². The molecular formula is C25H22N2O2. The maximum atomic E-state index is 5.98. The van der Waals surface area contributed by atoms with Crippen LogP contribution in [-0.2, 0) is 11.2 Å². The number of nitrogens with zero attached hydrogens (tertiary/aromatic N) is 2. The minimum atomic E-state index is 0.400. The van der Waals surface area contributed by atoms with E-state index in [0.29, 0.717) is 17.7 Å². The fourth-order valence-corrected chi connectivity index (χ4v) is 3.96. The largest absolute Gasteiger partial charge is 0.501 e. The first kappa shape index (κ1) is 17.7. The summed E-state index contributed by atoms with van der Waals surface area (Å²) in [6.45, 7) is 1.99. The van der Waals surface area contributed by atoms with E-state index in [0.717, 1.165) is 40.3 Å². The zero-order valence-corrected chi connectivity index (χ0v) is 16.5. The van der Waals surface area contributed by atoms with Gasteiger partial charge in [0.15, 0.2) is 0 Å². The first-order valence-electron chi connectivity index (χ1n) is 9.83. The molecule has 144 valence electrons. The number of oxazole rings is 1. The van der Waals surface area contributed by atoms with Crippen LogP contribution in [-0.4, -0.2) is 17.1 Å². The molecule has 3 aromatic rings. The van der Waals surface area contributed by atoms with Gasteiger partial charge in [0, 0.05) is 36.2 Å². The molecule has 1 unspecified atom stereocenters. The van der Waals surface area contributed by atoms with Crippen LogP contribution in [0.3, 0.4) is 0 Å². The average molecular weight is 382 g/mol. The average Bonchev–Trinajstić information content (AvgIpc) is 3.11. The number of methoxy groups -OCH3 is 1. The Kier molecular flexibility index (Phi) is 4.39. The summed E-state index contributed by atoms with van der Waals surface area (Å²) in [4.78, 5) is 8.85. The maximum absolute atomic E-state index is 5.98. The summed E-state index contributed by atoms with van der Waals surface area (Å²) in [6, 6.07) is 12.3. The molecule has 5 rings (SSSR count). The van der Waals surface area contributed by atoms with E-state index in [-0.39, 0.29) is 0 Å². The lowest BCUT2D eigenvalue weighted by atomic mass is 9.75. The predicted octanol–water partition coefficient (Wildman–Crippen LogP) is 5.53. The van der Waals surface area contributed by atoms with Gasteiger partial charge in [-0.1, -0.05) is 30.4 Å². The van der Waals surface area contributed by atoms with Gasteiger partial charge in [-0.25, -0.2) is 4.98 Å². The zero-order chi connectivity index (χ0) is 19.8. The van der Waals surface area contributed by atoms with Crippen LogP contribution < -0.4 is 0 Å². The number of aromatic nitrogens is 2. The summed E-state index contributed by atoms with van der Waals surface area (Å²) in [5.74, 6) is 3.45. The summed E-state index contributed by atoms with van der Waals surface area (Å²) in [5, 5.41) is 0. The summed E-state index contributed by atoms with van der Waals surface area (Å²) >= 11 is 0. The number of hydrogen-bond acceptors (Lipinski definition) is 4. The molecule has 2 atom stereocenters. The Hall–Kier alpha value is -3.40. The van der Waals surface area contributed by atoms with Crippen LogP contribution in [0.5, 0.6) is 0 Å². The highest BCUT2D eigenvalue weighted by Gasteiger charge is 2.32. The molecule has 0 bridgehead atoms. The number of ether oxygens (including phenoxy) is 1. The second kappa shape index (κ2) is 7.21. The Balaban J connectivity index is 1.34. The molecule has 2 aliphatic rings. The van der Waals surface area contributed by atoms with Gasteiger partial charge in [0.25, 0.3) is 0 Å². The Morgan fingerprint density at radius 3 is 2.41 bits per heavy atom. The maximum Gasteiger partial charge on any atom is 0.226 e. The SMILES string of the molecule is COC1=CC2C=C(Cc3nc(-c4ccc(-c5ccncc5)cc4)oc3C)C=C[C@@H]12. The van der Waals surface area contributed by atoms with Gasteiger partial charge in [0.2, 0.25) is 5.89 Å². The Bertz CT molecular complexity index is 1120. The Morgan fingerprint density at radius 2 is 1.69 bits per heavy atom. The number of aryl methyl sites for hydroxylation is 1. The van der Waals surface area contributed by atoms with E-state index >= 15 is 0 Å². The van der Waals surface area contributed by atoms with Gasteiger partial charge >= 0.3 is 0 Å². The van der Waals surface area contributed by atoms with E-state index in [1.165, 1.54) is 5.57 Å². The third-order valence-electron chi connectivity index (χ3n) is 5.67. The highest BCUT2D eigenvalue weighted by molar-refractivity contribution is 5.67. The molecule has 2 heterocycles. The molecular weight excluding hydrogens is 360 g/mol. The van der Waals surface area contributed by atoms with Gasteiger partial charge < -0.3 is 9.15 Å². The quantitative estimate of drug-likeness (QED) is 0.582. The normalized spacial score (nSPS) is 19.8. The fourth-order valence-electron chi connectivity index (χ4n) is 3.96. The van der Waals surface area contributed by atoms with Gasteiger partial charge in [0.1, 0.15) is 5.76 Å². The molecule has 2 aromatic heterocycles. The number of pyridine rings is 1. The minimum Gasteiger partial charge on any atom is -0.501 e. The molecule has 1 aromatic carbocycles. The molecule has 4 heteroatoms. The van der Waals surface area contributed by atoms with E-state index < -0.39 is 0 Å². The standard InChI is InChI=1S/C25H22N2O2/c1-16-23(14-17-3-8-22-21(13-17)15-24(22)28-2)27-25(29-16)20-6-4-18(5-7-20)19-9-11-26-12-10-19/h3-13,15,21-22H,14H2,1-2H3/t21?,22-/m1/s1. The van der Waals surface area contributed by atoms with Crippen molar-refractivity contribution in [2.75, 3.05) is 7.11 Å². The third kappa shape index (κ3) is 3.31. The topological polar surface area (TPSA) is 48.2 Å². The van der Waals surface area contributed by atoms with Gasteiger partial charge in [-0.15, -0.1) is 0 Å². The van der Waals surface area contributed by atoms with Crippen molar-refractivity contribution in [2.45, 2.75) is 13.3 Å². The number of rotatable bonds is 5. The van der Waals surface area contributed by atoms with Crippen molar-refractivity contribution in [1.82, 2.24) is 9.97 Å². The number of benzene rings is 1. The Morgan fingerprint density at radius 1 is 0.966 bits per heavy atom. The predicted molar refractivity (Wildman–Crippen MR) is 113 cm³/mol. The molecule has 29 heavy (non-hydrogen) atoms. The smallest absolute Gasteiger partial charge is 0.226 e. The number of fused-ring (bicyclic) bond motifs is 1. The van der Waals surface area contributed by atoms with Crippen molar-refractivity contribution in [3.05, 3.63) is 95.9 Å². The fraction of sp³-hybridized carbons (Fsp3) is 0.200. The van der Waals surface area contributed by atoms with E-state index in [1.54, 1.807) is 19.5 Å². The zero-order valence-electron chi connectivity index (χ0n) is 16.5. The van der Waals surface area contributed by atoms with E-state index in [4.69, 9.17) is 14.1 Å². The Labute approximate surface area is 170 Å². The summed E-state index contributed by atoms with van der Waals surface area (Å²) in [5.41, 5.74) is 5.54. The van der Waals surface area contributed by atoms with Gasteiger partial charge in [0.05, 0.1) is 18.6 Å². The summed E-state index contributed by atoms with van der Waals surface area (Å²) in [7, 11) is 1.74. The molecule has 0 amide bonds. The first-order valence-corrected chi connectivity index (χ1v) is 9.83. The van der Waals surface area contributed by atoms with Crippen LogP contribution >= 0.6 is 0 Å². The molecule has 0 fully saturated rings. The summed E-state index contributed by atoms with van der Waals surface area (Å²) < 4.78 is 11.3. The third-order valence-corrected chi connectivity index (χ3v) is 5.67. The molecule has 0 saturated heterocycles. The molecule has 0 saturated carbocycles. The lowest BCUT2D eigenvalue weighted by molar-refractivity contribution is 0.215. The van der Waals surface area contributed by atoms with Gasteiger partial charge in [-0.3, -0.25) is 4.98 Å². The molecule has 2 aliphatic carbocycles. The molecule has 4 nitrogen and oxygen atoms in total. The highest BCUT2D eigenvalue weighted by Crippen LogP contribution is 2.40. The highest BCUT2D eigenvalue weighted by atomic mass is 16.5. The summed E-state index contributed by atoms with van der Waals surface area (Å²) in [6.07, 6.45) is 13.3. The number of hydrogen-bond donors (Lipinski definition) is 0. The van der Waals surface area contributed by atoms with Gasteiger partial charge in [-0.2, -0.15) is 0 Å².